The molecule has 58 valence electrons. The van der Waals surface area contributed by atoms with Crippen molar-refractivity contribution in [2.24, 2.45) is 0 Å². The summed E-state index contributed by atoms with van der Waals surface area (Å²) in [6.45, 7) is 0. The standard InChI is InChI=1S/C5H7NO2S.CH3.K/c1-9-3-2-4(7)6-5(3)8;;/h3H,2H2,1H3,(H,6,7,8);1H3;/q;-1;+1/p-1. The average Bonchev–Trinajstić information content (AvgIpc) is 2.10. The summed E-state index contributed by atoms with van der Waals surface area (Å²) in [5.41, 5.74) is 0. The first-order chi connectivity index (χ1) is 4.24. The van der Waals surface area contributed by atoms with Crippen LogP contribution in [0.15, 0.2) is 0 Å². The molecule has 1 fully saturated rings. The van der Waals surface area contributed by atoms with Gasteiger partial charge in [0.05, 0.1) is 17.1 Å². The summed E-state index contributed by atoms with van der Waals surface area (Å²) in [4.78, 5) is 21.0. The molecule has 1 atom stereocenters. The fourth-order valence-corrected chi connectivity index (χ4v) is 1.23. The Morgan fingerprint density at radius 1 is 1.55 bits per heavy atom. The molecule has 1 saturated heterocycles. The third-order valence-electron chi connectivity index (χ3n) is 1.15. The molecule has 0 radical (unpaired) electrons. The van der Waals surface area contributed by atoms with Crippen LogP contribution in [0.2, 0.25) is 0 Å². The van der Waals surface area contributed by atoms with Crippen LogP contribution in [-0.2, 0) is 9.59 Å². The summed E-state index contributed by atoms with van der Waals surface area (Å²) >= 11 is 1.38. The molecule has 1 heterocycles. The van der Waals surface area contributed by atoms with Gasteiger partial charge < -0.3 is 22.3 Å². The fraction of sp³-hybridized carbons (Fsp3) is 0.500. The van der Waals surface area contributed by atoms with E-state index in [1.54, 1.807) is 6.26 Å². The van der Waals surface area contributed by atoms with E-state index in [0.29, 0.717) is 6.42 Å². The maximum Gasteiger partial charge on any atom is 1.00 e. The molecule has 1 aliphatic heterocycles. The predicted octanol–water partition coefficient (Wildman–Crippen LogP) is -2.00. The number of hydrogen-bond acceptors (Lipinski definition) is 3. The molecule has 5 heteroatoms. The van der Waals surface area contributed by atoms with Crippen LogP contribution >= 0.6 is 11.8 Å². The van der Waals surface area contributed by atoms with Crippen LogP contribution in [-0.4, -0.2) is 23.3 Å². The second-order valence-corrected chi connectivity index (χ2v) is 2.81. The summed E-state index contributed by atoms with van der Waals surface area (Å²) in [7, 11) is 0. The number of amides is 2. The van der Waals surface area contributed by atoms with Crippen LogP contribution in [0.25, 0.3) is 5.32 Å². The predicted molar refractivity (Wildman–Crippen MR) is 41.7 cm³/mol. The van der Waals surface area contributed by atoms with Crippen molar-refractivity contribution in [2.75, 3.05) is 6.26 Å². The third kappa shape index (κ3) is 4.05. The van der Waals surface area contributed by atoms with E-state index in [2.05, 4.69) is 5.32 Å². The van der Waals surface area contributed by atoms with E-state index in [1.807, 2.05) is 0 Å². The average molecular weight is 198 g/mol. The number of nitrogens with zero attached hydrogens (tertiary/aromatic N) is 1. The number of thioether (sulfide) groups is 1. The van der Waals surface area contributed by atoms with E-state index >= 15 is 0 Å². The number of rotatable bonds is 1. The Bertz CT molecular complexity index is 163. The van der Waals surface area contributed by atoms with E-state index in [0.717, 1.165) is 0 Å². The number of hydrogen-bond donors (Lipinski definition) is 0. The summed E-state index contributed by atoms with van der Waals surface area (Å²) in [6.07, 6.45) is 2.09. The van der Waals surface area contributed by atoms with E-state index in [4.69, 9.17) is 0 Å². The van der Waals surface area contributed by atoms with Crippen molar-refractivity contribution in [2.45, 2.75) is 11.7 Å². The van der Waals surface area contributed by atoms with Gasteiger partial charge in [-0.05, 0) is 6.26 Å². The summed E-state index contributed by atoms with van der Waals surface area (Å²) in [5.74, 6) is -0.549. The van der Waals surface area contributed by atoms with Gasteiger partial charge in [-0.25, -0.2) is 0 Å². The maximum atomic E-state index is 10.6. The quantitative estimate of drug-likeness (QED) is 0.278. The molecule has 0 aliphatic carbocycles. The number of carbonyl (C=O) groups is 2. The Labute approximate surface area is 113 Å². The molecule has 1 rings (SSSR count). The van der Waals surface area contributed by atoms with Crippen molar-refractivity contribution in [3.8, 4) is 0 Å². The second kappa shape index (κ2) is 6.62. The van der Waals surface area contributed by atoms with Gasteiger partial charge in [-0.2, -0.15) is 11.8 Å². The molecule has 0 saturated carbocycles. The van der Waals surface area contributed by atoms with Gasteiger partial charge in [0.2, 0.25) is 0 Å². The SMILES string of the molecule is CSC1CC(=O)[N-]C1=O.[CH3-].[K+]. The van der Waals surface area contributed by atoms with Gasteiger partial charge in [-0.1, -0.05) is 0 Å². The summed E-state index contributed by atoms with van der Waals surface area (Å²) in [5, 5.41) is 3.05. The first-order valence-corrected chi connectivity index (χ1v) is 3.84. The molecule has 3 nitrogen and oxygen atoms in total. The topological polar surface area (TPSA) is 48.2 Å². The zero-order chi connectivity index (χ0) is 6.85. The van der Waals surface area contributed by atoms with Crippen molar-refractivity contribution in [3.63, 3.8) is 0 Å². The van der Waals surface area contributed by atoms with Gasteiger partial charge in [-0.15, -0.1) is 0 Å². The fourth-order valence-electron chi connectivity index (χ4n) is 0.671. The minimum absolute atomic E-state index is 0. The van der Waals surface area contributed by atoms with Crippen LogP contribution in [0.4, 0.5) is 0 Å². The molecule has 0 aromatic carbocycles. The number of imide groups is 1. The normalized spacial score (nSPS) is 21.7. The zero-order valence-corrected chi connectivity index (χ0v) is 10.9. The van der Waals surface area contributed by atoms with Crippen LogP contribution < -0.4 is 51.4 Å². The van der Waals surface area contributed by atoms with Crippen molar-refractivity contribution in [1.29, 1.82) is 0 Å². The summed E-state index contributed by atoms with van der Waals surface area (Å²) in [6, 6.07) is 0. The Kier molecular flexibility index (Phi) is 8.81. The van der Waals surface area contributed by atoms with Gasteiger partial charge in [-0.3, -0.25) is 0 Å². The van der Waals surface area contributed by atoms with Crippen molar-refractivity contribution in [1.82, 2.24) is 0 Å². The largest absolute Gasteiger partial charge is 1.00 e. The van der Waals surface area contributed by atoms with E-state index in [-0.39, 0.29) is 75.9 Å². The molecule has 2 amide bonds. The molecule has 0 bridgehead atoms. The van der Waals surface area contributed by atoms with Gasteiger partial charge in [0.25, 0.3) is 0 Å². The Morgan fingerprint density at radius 2 is 2.09 bits per heavy atom. The molecule has 0 N–H and O–H groups in total. The van der Waals surface area contributed by atoms with Gasteiger partial charge in [0, 0.05) is 6.42 Å². The maximum absolute atomic E-state index is 10.6. The minimum Gasteiger partial charge on any atom is -0.595 e. The third-order valence-corrected chi connectivity index (χ3v) is 2.09. The first-order valence-electron chi connectivity index (χ1n) is 2.55. The molecule has 0 aromatic heterocycles. The van der Waals surface area contributed by atoms with Crippen molar-refractivity contribution in [3.05, 3.63) is 12.7 Å². The van der Waals surface area contributed by atoms with Crippen molar-refractivity contribution >= 4 is 23.6 Å². The van der Waals surface area contributed by atoms with Crippen LogP contribution in [0.1, 0.15) is 6.42 Å². The molecular weight excluding hydrogens is 189 g/mol. The van der Waals surface area contributed by atoms with Gasteiger partial charge >= 0.3 is 51.4 Å². The Morgan fingerprint density at radius 3 is 2.27 bits per heavy atom. The van der Waals surface area contributed by atoms with Crippen LogP contribution in [0.3, 0.4) is 0 Å². The second-order valence-electron chi connectivity index (χ2n) is 1.77. The Hall–Kier alpha value is 1.13. The van der Waals surface area contributed by atoms with Crippen molar-refractivity contribution < 1.29 is 61.0 Å². The number of carbonyl (C=O) groups excluding carboxylic acids is 2. The molecule has 11 heavy (non-hydrogen) atoms. The first kappa shape index (κ1) is 14.6. The monoisotopic (exact) mass is 198 g/mol. The van der Waals surface area contributed by atoms with Gasteiger partial charge in [0.1, 0.15) is 0 Å². The molecule has 0 spiro atoms. The smallest absolute Gasteiger partial charge is 0.595 e. The molecule has 1 aliphatic rings. The zero-order valence-electron chi connectivity index (χ0n) is 6.96. The van der Waals surface area contributed by atoms with Gasteiger partial charge in [0.15, 0.2) is 0 Å². The van der Waals surface area contributed by atoms with E-state index in [1.165, 1.54) is 11.8 Å². The van der Waals surface area contributed by atoms with E-state index < -0.39 is 0 Å². The molecule has 0 aromatic rings. The van der Waals surface area contributed by atoms with E-state index in [9.17, 15) is 9.59 Å². The Balaban J connectivity index is 0. The van der Waals surface area contributed by atoms with Crippen LogP contribution in [0, 0.1) is 7.43 Å². The molecular formula is C6H9KNO2S-. The minimum atomic E-state index is -0.278. The van der Waals surface area contributed by atoms with Crippen LogP contribution in [0.5, 0.6) is 0 Å². The summed E-state index contributed by atoms with van der Waals surface area (Å²) < 4.78 is 0. The molecule has 1 unspecified atom stereocenters.